The Labute approximate surface area is 236 Å². The first-order valence-corrected chi connectivity index (χ1v) is 14.9. The first kappa shape index (κ1) is 29.0. The van der Waals surface area contributed by atoms with Crippen LogP contribution in [0.5, 0.6) is 0 Å². The van der Waals surface area contributed by atoms with Crippen molar-refractivity contribution in [2.45, 2.75) is 63.6 Å². The fraction of sp³-hybridized carbons (Fsp3) is 0.323. The molecule has 0 spiro atoms. The number of carbonyl (C=O) groups is 3. The summed E-state index contributed by atoms with van der Waals surface area (Å²) < 4.78 is 26.9. The zero-order chi connectivity index (χ0) is 28.9. The maximum absolute atomic E-state index is 13.9. The van der Waals surface area contributed by atoms with Crippen molar-refractivity contribution in [3.8, 4) is 0 Å². The number of sulfonamides is 1. The Hall–Kier alpha value is -3.98. The molecule has 8 nitrogen and oxygen atoms in total. The average Bonchev–Trinajstić information content (AvgIpc) is 3.15. The summed E-state index contributed by atoms with van der Waals surface area (Å²) in [5, 5.41) is 3.02. The van der Waals surface area contributed by atoms with E-state index in [2.05, 4.69) is 5.32 Å². The molecule has 210 valence electrons. The molecule has 9 heteroatoms. The van der Waals surface area contributed by atoms with Crippen LogP contribution in [0.15, 0.2) is 83.8 Å². The molecule has 0 aromatic heterocycles. The Morgan fingerprint density at radius 2 is 1.60 bits per heavy atom. The molecule has 1 aliphatic rings. The molecule has 1 aliphatic heterocycles. The van der Waals surface area contributed by atoms with Gasteiger partial charge in [-0.1, -0.05) is 73.7 Å². The molecular formula is C31H35N3O5S. The van der Waals surface area contributed by atoms with Gasteiger partial charge < -0.3 is 10.2 Å². The van der Waals surface area contributed by atoms with Gasteiger partial charge in [-0.25, -0.2) is 12.7 Å². The number of amides is 3. The maximum Gasteiger partial charge on any atom is 0.269 e. The molecule has 3 aromatic rings. The number of fused-ring (bicyclic) bond motifs is 1. The van der Waals surface area contributed by atoms with Crippen LogP contribution >= 0.6 is 0 Å². The second kappa shape index (κ2) is 12.5. The van der Waals surface area contributed by atoms with Crippen molar-refractivity contribution in [1.82, 2.24) is 14.5 Å². The minimum absolute atomic E-state index is 0.0564. The van der Waals surface area contributed by atoms with Gasteiger partial charge in [-0.2, -0.15) is 0 Å². The van der Waals surface area contributed by atoms with Gasteiger partial charge in [0.25, 0.3) is 15.9 Å². The van der Waals surface area contributed by atoms with E-state index >= 15 is 0 Å². The van der Waals surface area contributed by atoms with Crippen LogP contribution in [0.3, 0.4) is 0 Å². The van der Waals surface area contributed by atoms with Crippen LogP contribution in [-0.4, -0.2) is 54.0 Å². The van der Waals surface area contributed by atoms with Crippen molar-refractivity contribution >= 4 is 27.7 Å². The number of benzene rings is 3. The third-order valence-electron chi connectivity index (χ3n) is 7.31. The van der Waals surface area contributed by atoms with Gasteiger partial charge in [0.15, 0.2) is 0 Å². The Morgan fingerprint density at radius 3 is 2.27 bits per heavy atom. The molecule has 0 saturated heterocycles. The second-order valence-corrected chi connectivity index (χ2v) is 11.9. The summed E-state index contributed by atoms with van der Waals surface area (Å²) in [5.41, 5.74) is 2.83. The van der Waals surface area contributed by atoms with Gasteiger partial charge in [-0.3, -0.25) is 14.4 Å². The van der Waals surface area contributed by atoms with Crippen molar-refractivity contribution in [3.63, 3.8) is 0 Å². The Morgan fingerprint density at radius 1 is 0.950 bits per heavy atom. The lowest BCUT2D eigenvalue weighted by Crippen LogP contribution is -2.52. The van der Waals surface area contributed by atoms with Gasteiger partial charge in [-0.15, -0.1) is 0 Å². The third kappa shape index (κ3) is 6.25. The minimum atomic E-state index is -4.05. The Bertz CT molecular complexity index is 1490. The van der Waals surface area contributed by atoms with E-state index in [1.165, 1.54) is 17.0 Å². The minimum Gasteiger partial charge on any atom is -0.352 e. The van der Waals surface area contributed by atoms with Crippen LogP contribution in [-0.2, 0) is 32.6 Å². The van der Waals surface area contributed by atoms with E-state index < -0.39 is 27.9 Å². The van der Waals surface area contributed by atoms with E-state index in [1.54, 1.807) is 12.1 Å². The van der Waals surface area contributed by atoms with Crippen LogP contribution in [0.4, 0.5) is 0 Å². The van der Waals surface area contributed by atoms with Crippen molar-refractivity contribution in [1.29, 1.82) is 0 Å². The lowest BCUT2D eigenvalue weighted by molar-refractivity contribution is -0.141. The Balaban J connectivity index is 1.65. The summed E-state index contributed by atoms with van der Waals surface area (Å²) in [5.74, 6) is -1.34. The number of hydrogen-bond donors (Lipinski definition) is 1. The van der Waals surface area contributed by atoms with Crippen molar-refractivity contribution in [2.75, 3.05) is 6.54 Å². The number of nitrogens with zero attached hydrogens (tertiary/aromatic N) is 2. The number of aryl methyl sites for hydroxylation is 1. The van der Waals surface area contributed by atoms with E-state index in [0.29, 0.717) is 0 Å². The predicted molar refractivity (Wildman–Crippen MR) is 153 cm³/mol. The van der Waals surface area contributed by atoms with Gasteiger partial charge >= 0.3 is 0 Å². The fourth-order valence-corrected chi connectivity index (χ4v) is 6.33. The second-order valence-electron chi connectivity index (χ2n) is 10.1. The molecule has 3 aromatic carbocycles. The SMILES string of the molecule is CC[C@H](C)NC(=O)[C@@H](Cc1ccccc1)N(Cc1ccccc1C)C(=O)CCN1C(=O)c2ccccc2S1(=O)=O. The number of hydrogen-bond acceptors (Lipinski definition) is 5. The molecule has 0 radical (unpaired) electrons. The van der Waals surface area contributed by atoms with Gasteiger partial charge in [-0.05, 0) is 49.1 Å². The smallest absolute Gasteiger partial charge is 0.269 e. The van der Waals surface area contributed by atoms with Gasteiger partial charge in [0, 0.05) is 32.0 Å². The number of rotatable bonds is 11. The monoisotopic (exact) mass is 561 g/mol. The molecule has 0 bridgehead atoms. The molecule has 1 N–H and O–H groups in total. The van der Waals surface area contributed by atoms with E-state index in [-0.39, 0.29) is 48.3 Å². The molecule has 4 rings (SSSR count). The number of nitrogens with one attached hydrogen (secondary N) is 1. The summed E-state index contributed by atoms with van der Waals surface area (Å²) in [6, 6.07) is 22.2. The average molecular weight is 562 g/mol. The van der Waals surface area contributed by atoms with Crippen molar-refractivity contribution < 1.29 is 22.8 Å². The summed E-state index contributed by atoms with van der Waals surface area (Å²) >= 11 is 0. The molecule has 1 heterocycles. The Kier molecular flexibility index (Phi) is 9.04. The highest BCUT2D eigenvalue weighted by atomic mass is 32.2. The lowest BCUT2D eigenvalue weighted by Gasteiger charge is -2.33. The summed E-state index contributed by atoms with van der Waals surface area (Å²) in [6.45, 7) is 5.67. The zero-order valence-electron chi connectivity index (χ0n) is 23.0. The van der Waals surface area contributed by atoms with Crippen LogP contribution in [0.25, 0.3) is 0 Å². The highest BCUT2D eigenvalue weighted by Crippen LogP contribution is 2.30. The molecular weight excluding hydrogens is 526 g/mol. The molecule has 0 saturated carbocycles. The highest BCUT2D eigenvalue weighted by Gasteiger charge is 2.41. The summed E-state index contributed by atoms with van der Waals surface area (Å²) in [4.78, 5) is 41.9. The lowest BCUT2D eigenvalue weighted by atomic mass is 10.0. The number of carbonyl (C=O) groups excluding carboxylic acids is 3. The molecule has 3 amide bonds. The molecule has 0 unspecified atom stereocenters. The molecule has 0 fully saturated rings. The van der Waals surface area contributed by atoms with Crippen LogP contribution in [0.2, 0.25) is 0 Å². The van der Waals surface area contributed by atoms with Crippen molar-refractivity contribution in [3.05, 3.63) is 101 Å². The fourth-order valence-electron chi connectivity index (χ4n) is 4.76. The van der Waals surface area contributed by atoms with Crippen molar-refractivity contribution in [2.24, 2.45) is 0 Å². The van der Waals surface area contributed by atoms with E-state index in [4.69, 9.17) is 0 Å². The highest BCUT2D eigenvalue weighted by molar-refractivity contribution is 7.90. The quantitative estimate of drug-likeness (QED) is 0.380. The first-order chi connectivity index (χ1) is 19.1. The maximum atomic E-state index is 13.9. The molecule has 40 heavy (non-hydrogen) atoms. The predicted octanol–water partition coefficient (Wildman–Crippen LogP) is 4.08. The van der Waals surface area contributed by atoms with E-state index in [9.17, 15) is 22.8 Å². The molecule has 0 aliphatic carbocycles. The summed E-state index contributed by atoms with van der Waals surface area (Å²) in [6.07, 6.45) is 0.755. The largest absolute Gasteiger partial charge is 0.352 e. The normalized spacial score (nSPS) is 15.3. The van der Waals surface area contributed by atoms with Crippen LogP contribution in [0.1, 0.15) is 53.7 Å². The third-order valence-corrected chi connectivity index (χ3v) is 9.16. The van der Waals surface area contributed by atoms with E-state index in [1.807, 2.05) is 75.4 Å². The zero-order valence-corrected chi connectivity index (χ0v) is 23.9. The van der Waals surface area contributed by atoms with Gasteiger partial charge in [0.2, 0.25) is 11.8 Å². The summed E-state index contributed by atoms with van der Waals surface area (Å²) in [7, 11) is -4.05. The topological polar surface area (TPSA) is 104 Å². The van der Waals surface area contributed by atoms with Gasteiger partial charge in [0.1, 0.15) is 10.9 Å². The first-order valence-electron chi connectivity index (χ1n) is 13.5. The van der Waals surface area contributed by atoms with Gasteiger partial charge in [0.05, 0.1) is 5.56 Å². The van der Waals surface area contributed by atoms with Crippen LogP contribution < -0.4 is 5.32 Å². The standard InChI is InChI=1S/C31H35N3O5S/c1-4-23(3)32-30(36)27(20-24-13-6-5-7-14-24)33(21-25-15-9-8-12-22(25)2)29(35)18-19-34-31(37)26-16-10-11-17-28(26)40(34,38)39/h5-17,23,27H,4,18-21H2,1-3H3,(H,32,36)/t23-,27+/m0/s1. The molecule has 2 atom stereocenters. The van der Waals surface area contributed by atoms with E-state index in [0.717, 1.165) is 27.4 Å². The van der Waals surface area contributed by atoms with Crippen LogP contribution in [0, 0.1) is 6.92 Å².